The summed E-state index contributed by atoms with van der Waals surface area (Å²) in [4.78, 5) is 64.8. The van der Waals surface area contributed by atoms with E-state index < -0.39 is 29.0 Å². The van der Waals surface area contributed by atoms with E-state index in [0.29, 0.717) is 33.2 Å². The third kappa shape index (κ3) is 5.79. The fourth-order valence-electron chi connectivity index (χ4n) is 5.03. The summed E-state index contributed by atoms with van der Waals surface area (Å²) in [7, 11) is 0. The Morgan fingerprint density at radius 2 is 1.67 bits per heavy atom. The molecule has 6 aromatic rings. The number of carbonyl (C=O) groups excluding carboxylic acids is 2. The first-order chi connectivity index (χ1) is 21.7. The van der Waals surface area contributed by atoms with E-state index >= 15 is 0 Å². The van der Waals surface area contributed by atoms with Gasteiger partial charge in [0.05, 0.1) is 16.6 Å². The van der Waals surface area contributed by atoms with Crippen molar-refractivity contribution in [2.75, 3.05) is 10.7 Å². The minimum Gasteiger partial charge on any atom is -0.478 e. The minimum absolute atomic E-state index is 0.118. The highest BCUT2D eigenvalue weighted by molar-refractivity contribution is 6.07. The summed E-state index contributed by atoms with van der Waals surface area (Å²) in [5, 5.41) is 15.8. The van der Waals surface area contributed by atoms with Crippen molar-refractivity contribution in [1.82, 2.24) is 19.5 Å². The number of carbonyl (C=O) groups is 3. The van der Waals surface area contributed by atoms with Crippen LogP contribution in [0.3, 0.4) is 0 Å². The summed E-state index contributed by atoms with van der Waals surface area (Å²) >= 11 is 0. The Labute approximate surface area is 254 Å². The molecule has 0 radical (unpaired) electrons. The van der Waals surface area contributed by atoms with Crippen LogP contribution < -0.4 is 27.2 Å². The molecule has 0 atom stereocenters. The number of amides is 3. The number of H-pyrrole nitrogens is 1. The molecule has 0 unspecified atom stereocenters. The van der Waals surface area contributed by atoms with Gasteiger partial charge in [0.1, 0.15) is 0 Å². The zero-order valence-corrected chi connectivity index (χ0v) is 23.8. The standard InChI is InChI=1S/C33H26N6O6/c1-19-4-2-3-5-25(19)29(40)37-39-28-26-16-24(12-8-21(26)9-13-27(28)36-30(41)31(39)42)38-15-14-20(18-38)17-34-33(45)35-23-10-6-22(7-11-23)32(43)44/h2-16,18H,17H2,1H3,(H,36,41)(H,37,40)(H,43,44)(H2,34,35,45). The fraction of sp³-hybridized carbons (Fsp3) is 0.0606. The van der Waals surface area contributed by atoms with Crippen molar-refractivity contribution >= 4 is 45.4 Å². The van der Waals surface area contributed by atoms with E-state index in [1.165, 1.54) is 24.3 Å². The molecule has 2 aromatic heterocycles. The molecule has 0 fully saturated rings. The van der Waals surface area contributed by atoms with E-state index in [0.717, 1.165) is 21.3 Å². The number of carboxylic acids is 1. The lowest BCUT2D eigenvalue weighted by atomic mass is 10.1. The molecule has 0 bridgehead atoms. The molecule has 4 aromatic carbocycles. The number of nitrogens with zero attached hydrogens (tertiary/aromatic N) is 2. The Kier molecular flexibility index (Phi) is 7.45. The third-order valence-corrected chi connectivity index (χ3v) is 7.34. The van der Waals surface area contributed by atoms with Crippen LogP contribution in [0.4, 0.5) is 10.5 Å². The van der Waals surface area contributed by atoms with Gasteiger partial charge in [-0.1, -0.05) is 30.3 Å². The second kappa shape index (κ2) is 11.7. The number of fused-ring (bicyclic) bond motifs is 3. The molecule has 0 aliphatic carbocycles. The number of aryl methyl sites for hydroxylation is 1. The first-order valence-electron chi connectivity index (χ1n) is 13.8. The normalized spacial score (nSPS) is 11.0. The minimum atomic E-state index is -1.05. The Bertz CT molecular complexity index is 2250. The molecule has 3 amide bonds. The first-order valence-corrected chi connectivity index (χ1v) is 13.8. The van der Waals surface area contributed by atoms with E-state index in [4.69, 9.17) is 5.11 Å². The monoisotopic (exact) mass is 602 g/mol. The number of hydrogen-bond donors (Lipinski definition) is 5. The maximum absolute atomic E-state index is 13.2. The van der Waals surface area contributed by atoms with Gasteiger partial charge >= 0.3 is 23.1 Å². The average molecular weight is 603 g/mol. The van der Waals surface area contributed by atoms with Crippen molar-refractivity contribution in [3.63, 3.8) is 0 Å². The smallest absolute Gasteiger partial charge is 0.335 e. The van der Waals surface area contributed by atoms with Gasteiger partial charge in [0, 0.05) is 41.3 Å². The van der Waals surface area contributed by atoms with Gasteiger partial charge < -0.3 is 25.3 Å². The summed E-state index contributed by atoms with van der Waals surface area (Å²) in [6.45, 7) is 2.00. The van der Waals surface area contributed by atoms with Crippen molar-refractivity contribution in [3.05, 3.63) is 140 Å². The number of aromatic nitrogens is 3. The molecule has 5 N–H and O–H groups in total. The Morgan fingerprint density at radius 1 is 0.911 bits per heavy atom. The Morgan fingerprint density at radius 3 is 2.42 bits per heavy atom. The lowest BCUT2D eigenvalue weighted by molar-refractivity contribution is 0.0696. The van der Waals surface area contributed by atoms with Gasteiger partial charge in [0.25, 0.3) is 5.91 Å². The summed E-state index contributed by atoms with van der Waals surface area (Å²) in [5.74, 6) is -1.58. The second-order valence-electron chi connectivity index (χ2n) is 10.3. The summed E-state index contributed by atoms with van der Waals surface area (Å²) in [6.07, 6.45) is 3.66. The maximum Gasteiger partial charge on any atom is 0.335 e. The number of hydrogen-bond acceptors (Lipinski definition) is 5. The number of aromatic amines is 1. The summed E-state index contributed by atoms with van der Waals surface area (Å²) in [5.41, 5.74) is 4.74. The van der Waals surface area contributed by atoms with Crippen molar-refractivity contribution < 1.29 is 19.5 Å². The molecule has 0 spiro atoms. The number of anilines is 1. The summed E-state index contributed by atoms with van der Waals surface area (Å²) < 4.78 is 2.84. The van der Waals surface area contributed by atoms with Gasteiger partial charge in [-0.15, -0.1) is 0 Å². The Hall–Kier alpha value is -6.43. The predicted molar refractivity (Wildman–Crippen MR) is 170 cm³/mol. The largest absolute Gasteiger partial charge is 0.478 e. The second-order valence-corrected chi connectivity index (χ2v) is 10.3. The van der Waals surface area contributed by atoms with Crippen LogP contribution >= 0.6 is 0 Å². The SMILES string of the molecule is Cc1ccccc1C(=O)Nn1c(=O)c(=O)[nH]c2ccc3ccc(-n4ccc(CNC(=O)Nc5ccc(C(=O)O)cc5)c4)cc3c21. The molecule has 0 saturated heterocycles. The fourth-order valence-corrected chi connectivity index (χ4v) is 5.03. The number of carboxylic acid groups (broad SMARTS) is 1. The number of nitrogens with one attached hydrogen (secondary N) is 4. The van der Waals surface area contributed by atoms with Crippen molar-refractivity contribution in [2.24, 2.45) is 0 Å². The van der Waals surface area contributed by atoms with Crippen LogP contribution in [0.25, 0.3) is 27.5 Å². The van der Waals surface area contributed by atoms with E-state index in [-0.39, 0.29) is 12.1 Å². The molecule has 2 heterocycles. The van der Waals surface area contributed by atoms with Gasteiger partial charge in [-0.25, -0.2) is 14.3 Å². The average Bonchev–Trinajstić information content (AvgIpc) is 3.51. The lowest BCUT2D eigenvalue weighted by Gasteiger charge is -2.15. The summed E-state index contributed by atoms with van der Waals surface area (Å²) in [6, 6.07) is 23.2. The van der Waals surface area contributed by atoms with E-state index in [1.807, 2.05) is 47.3 Å². The molecule has 224 valence electrons. The van der Waals surface area contributed by atoms with Crippen LogP contribution in [0.5, 0.6) is 0 Å². The quantitative estimate of drug-likeness (QED) is 0.135. The van der Waals surface area contributed by atoms with Crippen molar-refractivity contribution in [3.8, 4) is 5.69 Å². The van der Waals surface area contributed by atoms with E-state index in [2.05, 4.69) is 21.0 Å². The van der Waals surface area contributed by atoms with Crippen LogP contribution in [-0.2, 0) is 6.54 Å². The molecule has 0 saturated carbocycles. The van der Waals surface area contributed by atoms with Gasteiger partial charge in [0.15, 0.2) is 0 Å². The zero-order valence-electron chi connectivity index (χ0n) is 23.8. The molecular weight excluding hydrogens is 576 g/mol. The van der Waals surface area contributed by atoms with Crippen LogP contribution in [0.15, 0.2) is 107 Å². The highest BCUT2D eigenvalue weighted by atomic mass is 16.4. The molecule has 0 aliphatic heterocycles. The number of urea groups is 1. The van der Waals surface area contributed by atoms with Crippen molar-refractivity contribution in [1.29, 1.82) is 0 Å². The van der Waals surface area contributed by atoms with Crippen LogP contribution in [0.1, 0.15) is 31.8 Å². The van der Waals surface area contributed by atoms with Gasteiger partial charge in [0.2, 0.25) is 0 Å². The lowest BCUT2D eigenvalue weighted by Crippen LogP contribution is -2.42. The van der Waals surface area contributed by atoms with Gasteiger partial charge in [-0.2, -0.15) is 0 Å². The Balaban J connectivity index is 1.27. The maximum atomic E-state index is 13.2. The number of aromatic carboxylic acids is 1. The van der Waals surface area contributed by atoms with E-state index in [1.54, 1.807) is 37.3 Å². The van der Waals surface area contributed by atoms with E-state index in [9.17, 15) is 24.0 Å². The topological polar surface area (TPSA) is 167 Å². The first kappa shape index (κ1) is 28.7. The molecular formula is C33H26N6O6. The van der Waals surface area contributed by atoms with Gasteiger partial charge in [-0.05, 0) is 78.0 Å². The number of rotatable bonds is 7. The third-order valence-electron chi connectivity index (χ3n) is 7.34. The number of benzene rings is 4. The van der Waals surface area contributed by atoms with Crippen LogP contribution in [-0.4, -0.2) is 37.2 Å². The zero-order chi connectivity index (χ0) is 31.7. The highest BCUT2D eigenvalue weighted by Crippen LogP contribution is 2.26. The van der Waals surface area contributed by atoms with Crippen LogP contribution in [0, 0.1) is 6.92 Å². The molecule has 45 heavy (non-hydrogen) atoms. The highest BCUT2D eigenvalue weighted by Gasteiger charge is 2.16. The molecule has 12 heteroatoms. The molecule has 0 aliphatic rings. The van der Waals surface area contributed by atoms with Crippen LogP contribution in [0.2, 0.25) is 0 Å². The molecule has 6 rings (SSSR count). The van der Waals surface area contributed by atoms with Gasteiger partial charge in [-0.3, -0.25) is 19.8 Å². The predicted octanol–water partition coefficient (Wildman–Crippen LogP) is 4.35. The van der Waals surface area contributed by atoms with Crippen molar-refractivity contribution in [2.45, 2.75) is 13.5 Å². The molecule has 12 nitrogen and oxygen atoms in total.